The highest BCUT2D eigenvalue weighted by molar-refractivity contribution is 7.16. The molecule has 0 unspecified atom stereocenters. The molecule has 4 aromatic heterocycles. The van der Waals surface area contributed by atoms with Crippen LogP contribution in [0.5, 0.6) is 0 Å². The molecule has 6 heterocycles. The highest BCUT2D eigenvalue weighted by Crippen LogP contribution is 2.44. The Balaban J connectivity index is 0.000000229. The van der Waals surface area contributed by atoms with E-state index in [1.165, 1.54) is 29.4 Å². The SMILES string of the molecule is COC(=O)Cc1cc(C)n(CC(=O)N2CCC(c3nc(-c4cc(C(C)(C)C)cc(C(C)(C)C)c4)c(Cl)s3)CC2)n1.Cc1cc(CC(=O)O)nn1CC(=O)N1CCC(c2nc(-c3cc(C(C)(C)C)cc(C(C)(C)C)c3)c(Cl)s2)CC1. The zero-order chi connectivity index (χ0) is 58.1. The number of aryl methyl sites for hydroxylation is 2. The molecule has 6 aromatic rings. The second kappa shape index (κ2) is 24.4. The van der Waals surface area contributed by atoms with Crippen molar-refractivity contribution < 1.29 is 29.0 Å². The van der Waals surface area contributed by atoms with Gasteiger partial charge in [0.05, 0.1) is 41.4 Å². The van der Waals surface area contributed by atoms with E-state index in [0.717, 1.165) is 73.9 Å². The molecular weight excluding hydrogens is 1080 g/mol. The molecule has 79 heavy (non-hydrogen) atoms. The first kappa shape index (κ1) is 61.2. The number of hydrogen-bond acceptors (Lipinski definition) is 11. The molecule has 2 saturated heterocycles. The lowest BCUT2D eigenvalue weighted by atomic mass is 9.79. The molecule has 0 aliphatic carbocycles. The van der Waals surface area contributed by atoms with E-state index in [9.17, 15) is 19.2 Å². The number of likely N-dealkylation sites (tertiary alicyclic amines) is 2. The first-order valence-corrected chi connectivity index (χ1v) is 29.7. The van der Waals surface area contributed by atoms with Crippen LogP contribution >= 0.6 is 45.9 Å². The molecule has 2 aliphatic rings. The summed E-state index contributed by atoms with van der Waals surface area (Å²) >= 11 is 16.7. The van der Waals surface area contributed by atoms with Crippen LogP contribution in [-0.2, 0) is 71.5 Å². The Morgan fingerprint density at radius 2 is 0.886 bits per heavy atom. The van der Waals surface area contributed by atoms with Crippen molar-refractivity contribution in [1.29, 1.82) is 0 Å². The molecule has 1 N–H and O–H groups in total. The summed E-state index contributed by atoms with van der Waals surface area (Å²) in [7, 11) is 1.35. The van der Waals surface area contributed by atoms with Gasteiger partial charge >= 0.3 is 11.9 Å². The van der Waals surface area contributed by atoms with Crippen LogP contribution in [0.4, 0.5) is 0 Å². The molecule has 0 spiro atoms. The second-order valence-electron chi connectivity index (χ2n) is 25.4. The zero-order valence-corrected chi connectivity index (χ0v) is 52.0. The summed E-state index contributed by atoms with van der Waals surface area (Å²) in [5.74, 6) is -0.734. The number of hydrogen-bond donors (Lipinski definition) is 1. The van der Waals surface area contributed by atoms with Gasteiger partial charge in [0.15, 0.2) is 0 Å². The Hall–Kier alpha value is -5.42. The van der Waals surface area contributed by atoms with Gasteiger partial charge in [0.2, 0.25) is 11.8 Å². The molecule has 0 atom stereocenters. The number of esters is 1. The number of piperidine rings is 2. The van der Waals surface area contributed by atoms with Gasteiger partial charge in [-0.15, -0.1) is 22.7 Å². The number of carbonyl (C=O) groups is 4. The summed E-state index contributed by atoms with van der Waals surface area (Å²) < 4.78 is 9.41. The number of carbonyl (C=O) groups excluding carboxylic acids is 3. The minimum absolute atomic E-state index is 0.00640. The van der Waals surface area contributed by atoms with Crippen molar-refractivity contribution in [3.8, 4) is 22.5 Å². The third kappa shape index (κ3) is 15.5. The first-order chi connectivity index (χ1) is 36.8. The van der Waals surface area contributed by atoms with Crippen molar-refractivity contribution in [3.05, 3.63) is 112 Å². The van der Waals surface area contributed by atoms with Gasteiger partial charge in [0.25, 0.3) is 0 Å². The number of methoxy groups -OCH3 is 1. The smallest absolute Gasteiger partial charge is 0.311 e. The van der Waals surface area contributed by atoms with Gasteiger partial charge in [0, 0.05) is 60.5 Å². The molecular formula is C61H80Cl2N8O6S2. The monoisotopic (exact) mass is 1150 g/mol. The number of nitrogens with zero attached hydrogens (tertiary/aromatic N) is 8. The number of benzene rings is 2. The minimum atomic E-state index is -0.935. The van der Waals surface area contributed by atoms with Gasteiger partial charge in [-0.25, -0.2) is 9.97 Å². The molecule has 2 aromatic carbocycles. The van der Waals surface area contributed by atoms with Crippen molar-refractivity contribution in [2.24, 2.45) is 0 Å². The normalized spacial score (nSPS) is 15.1. The van der Waals surface area contributed by atoms with Crippen LogP contribution < -0.4 is 0 Å². The largest absolute Gasteiger partial charge is 0.481 e. The summed E-state index contributed by atoms with van der Waals surface area (Å²) in [5.41, 5.74) is 11.7. The Morgan fingerprint density at radius 1 is 0.557 bits per heavy atom. The van der Waals surface area contributed by atoms with Gasteiger partial charge in [-0.2, -0.15) is 10.2 Å². The van der Waals surface area contributed by atoms with Crippen molar-refractivity contribution in [1.82, 2.24) is 39.3 Å². The zero-order valence-electron chi connectivity index (χ0n) is 48.9. The molecule has 14 nitrogen and oxygen atoms in total. The number of carboxylic acids is 1. The molecule has 18 heteroatoms. The van der Waals surface area contributed by atoms with Gasteiger partial charge in [-0.1, -0.05) is 118 Å². The van der Waals surface area contributed by atoms with Crippen molar-refractivity contribution >= 4 is 69.6 Å². The predicted molar refractivity (Wildman–Crippen MR) is 318 cm³/mol. The molecule has 8 rings (SSSR count). The fraction of sp³-hybridized carbons (Fsp3) is 0.541. The average Bonchev–Trinajstić information content (AvgIpc) is 4.14. The fourth-order valence-corrected chi connectivity index (χ4v) is 12.6. The Kier molecular flexibility index (Phi) is 18.9. The highest BCUT2D eigenvalue weighted by atomic mass is 35.5. The number of thiazole rings is 2. The van der Waals surface area contributed by atoms with Gasteiger partial charge in [-0.05, 0) is 120 Å². The van der Waals surface area contributed by atoms with Crippen LogP contribution in [0.2, 0.25) is 8.67 Å². The van der Waals surface area contributed by atoms with E-state index in [4.69, 9.17) is 43.0 Å². The van der Waals surface area contributed by atoms with Crippen LogP contribution in [-0.4, -0.2) is 101 Å². The number of aromatic nitrogens is 6. The van der Waals surface area contributed by atoms with E-state index in [1.807, 2.05) is 29.7 Å². The van der Waals surface area contributed by atoms with E-state index in [0.29, 0.717) is 41.9 Å². The van der Waals surface area contributed by atoms with E-state index >= 15 is 0 Å². The molecule has 2 amide bonds. The van der Waals surface area contributed by atoms with Crippen molar-refractivity contribution in [3.63, 3.8) is 0 Å². The van der Waals surface area contributed by atoms with Gasteiger partial charge < -0.3 is 19.6 Å². The van der Waals surface area contributed by atoms with Crippen LogP contribution in [0, 0.1) is 13.8 Å². The molecule has 0 saturated carbocycles. The Morgan fingerprint density at radius 3 is 1.19 bits per heavy atom. The van der Waals surface area contributed by atoms with Crippen LogP contribution in [0.15, 0.2) is 48.5 Å². The Labute approximate surface area is 485 Å². The molecule has 0 radical (unpaired) electrons. The standard InChI is InChI=1S/C31H41ClN4O3S.C30H39ClN4O3S/c1-19-13-24(17-26(38)39-8)34-36(19)18-25(37)35-11-9-20(10-12-35)29-33-27(28(32)40-29)21-14-22(30(2,3)4)16-23(15-21)31(5,6)7;1-18-12-23(16-25(37)38)33-35(18)17-24(36)34-10-8-19(9-11-34)28-32-26(27(31)39-28)20-13-21(29(2,3)4)15-22(14-20)30(5,6)7/h13-16,20H,9-12,17-18H2,1-8H3;12-15,19H,8-11,16-17H2,1-7H3,(H,37,38). The topological polar surface area (TPSA) is 166 Å². The molecule has 2 aliphatic heterocycles. The van der Waals surface area contributed by atoms with Crippen molar-refractivity contribution in [2.45, 2.75) is 182 Å². The highest BCUT2D eigenvalue weighted by Gasteiger charge is 2.31. The van der Waals surface area contributed by atoms with Gasteiger partial charge in [0.1, 0.15) is 33.2 Å². The molecule has 0 bridgehead atoms. The summed E-state index contributed by atoms with van der Waals surface area (Å²) in [6.07, 6.45) is 3.29. The quantitative estimate of drug-likeness (QED) is 0.117. The molecule has 426 valence electrons. The predicted octanol–water partition coefficient (Wildman–Crippen LogP) is 13.3. The average molecular weight is 1160 g/mol. The van der Waals surface area contributed by atoms with E-state index in [1.54, 1.807) is 38.1 Å². The number of ether oxygens (including phenoxy) is 1. The first-order valence-electron chi connectivity index (χ1n) is 27.3. The number of carboxylic acid groups (broad SMARTS) is 1. The van der Waals surface area contributed by atoms with E-state index in [2.05, 4.69) is 130 Å². The third-order valence-electron chi connectivity index (χ3n) is 15.0. The number of amides is 2. The number of aliphatic carboxylic acids is 1. The fourth-order valence-electron chi connectivity index (χ4n) is 9.83. The lowest BCUT2D eigenvalue weighted by molar-refractivity contribution is -0.140. The van der Waals surface area contributed by atoms with E-state index in [-0.39, 0.29) is 77.2 Å². The maximum atomic E-state index is 13.1. The number of halogens is 2. The summed E-state index contributed by atoms with van der Waals surface area (Å²) in [5, 5.41) is 19.8. The summed E-state index contributed by atoms with van der Waals surface area (Å²) in [6.45, 7) is 33.4. The lowest BCUT2D eigenvalue weighted by Crippen LogP contribution is -2.40. The Bertz CT molecular complexity index is 3120. The maximum Gasteiger partial charge on any atom is 0.311 e. The van der Waals surface area contributed by atoms with Crippen molar-refractivity contribution in [2.75, 3.05) is 33.3 Å². The maximum absolute atomic E-state index is 13.1. The number of rotatable bonds is 12. The lowest BCUT2D eigenvalue weighted by Gasteiger charge is -2.31. The summed E-state index contributed by atoms with van der Waals surface area (Å²) in [6, 6.07) is 17.1. The van der Waals surface area contributed by atoms with Crippen LogP contribution in [0.1, 0.15) is 176 Å². The van der Waals surface area contributed by atoms with Crippen LogP contribution in [0.25, 0.3) is 22.5 Å². The molecule has 2 fully saturated rings. The van der Waals surface area contributed by atoms with E-state index < -0.39 is 5.97 Å². The second-order valence-corrected chi connectivity index (χ2v) is 28.7. The third-order valence-corrected chi connectivity index (χ3v) is 17.8. The summed E-state index contributed by atoms with van der Waals surface area (Å²) in [4.78, 5) is 62.5. The van der Waals surface area contributed by atoms with Crippen LogP contribution in [0.3, 0.4) is 0 Å². The minimum Gasteiger partial charge on any atom is -0.481 e. The van der Waals surface area contributed by atoms with Gasteiger partial charge in [-0.3, -0.25) is 28.5 Å².